The molecular formula is C15H12N4O4. The molecule has 0 atom stereocenters. The highest BCUT2D eigenvalue weighted by Gasteiger charge is 2.17. The average molecular weight is 312 g/mol. The molecule has 0 unspecified atom stereocenters. The van der Waals surface area contributed by atoms with E-state index in [9.17, 15) is 14.9 Å². The fraction of sp³-hybridized carbons (Fsp3) is 0.267. The van der Waals surface area contributed by atoms with Gasteiger partial charge in [-0.05, 0) is 53.0 Å². The summed E-state index contributed by atoms with van der Waals surface area (Å²) in [6, 6.07) is 5.37. The summed E-state index contributed by atoms with van der Waals surface area (Å²) in [5.74, 6) is -0.460. The predicted octanol–water partition coefficient (Wildman–Crippen LogP) is 1.83. The van der Waals surface area contributed by atoms with Gasteiger partial charge in [0.05, 0.1) is 6.54 Å². The minimum atomic E-state index is -0.652. The van der Waals surface area contributed by atoms with E-state index in [1.54, 1.807) is 0 Å². The van der Waals surface area contributed by atoms with Gasteiger partial charge in [0.25, 0.3) is 0 Å². The zero-order valence-electron chi connectivity index (χ0n) is 12.1. The minimum Gasteiger partial charge on any atom is -0.423 e. The van der Waals surface area contributed by atoms with Crippen LogP contribution < -0.4 is 5.63 Å². The maximum absolute atomic E-state index is 11.8. The van der Waals surface area contributed by atoms with Crippen LogP contribution in [0, 0.1) is 10.1 Å². The van der Waals surface area contributed by atoms with Gasteiger partial charge in [-0.25, -0.2) is 4.79 Å². The number of aryl methyl sites for hydroxylation is 2. The Morgan fingerprint density at radius 3 is 2.78 bits per heavy atom. The summed E-state index contributed by atoms with van der Waals surface area (Å²) in [7, 11) is 0. The van der Waals surface area contributed by atoms with Crippen LogP contribution in [0.2, 0.25) is 0 Å². The molecule has 8 nitrogen and oxygen atoms in total. The fourth-order valence-corrected chi connectivity index (χ4v) is 3.04. The molecule has 0 saturated heterocycles. The molecule has 1 aromatic carbocycles. The summed E-state index contributed by atoms with van der Waals surface area (Å²) in [6.07, 6.45) is 4.39. The van der Waals surface area contributed by atoms with Crippen LogP contribution in [-0.4, -0.2) is 19.7 Å². The van der Waals surface area contributed by atoms with Crippen molar-refractivity contribution < 1.29 is 9.34 Å². The first kappa shape index (κ1) is 13.6. The minimum absolute atomic E-state index is 0.224. The second-order valence-electron chi connectivity index (χ2n) is 5.56. The molecule has 8 heteroatoms. The zero-order valence-corrected chi connectivity index (χ0v) is 12.1. The van der Waals surface area contributed by atoms with Crippen molar-refractivity contribution in [2.24, 2.45) is 0 Å². The average Bonchev–Trinajstić information content (AvgIpc) is 3.13. The highest BCUT2D eigenvalue weighted by atomic mass is 16.6. The highest BCUT2D eigenvalue weighted by molar-refractivity contribution is 5.82. The van der Waals surface area contributed by atoms with Gasteiger partial charge in [0.15, 0.2) is 0 Å². The second-order valence-corrected chi connectivity index (χ2v) is 5.56. The second kappa shape index (κ2) is 5.01. The first-order chi connectivity index (χ1) is 11.1. The van der Waals surface area contributed by atoms with Gasteiger partial charge >= 0.3 is 11.6 Å². The lowest BCUT2D eigenvalue weighted by Gasteiger charge is -2.06. The van der Waals surface area contributed by atoms with Gasteiger partial charge in [-0.3, -0.25) is 0 Å². The smallest absolute Gasteiger partial charge is 0.423 e. The normalized spacial score (nSPS) is 13.4. The van der Waals surface area contributed by atoms with E-state index < -0.39 is 16.5 Å². The quantitative estimate of drug-likeness (QED) is 0.415. The number of fused-ring (bicyclic) bond motifs is 2. The van der Waals surface area contributed by atoms with Crippen molar-refractivity contribution in [3.63, 3.8) is 0 Å². The van der Waals surface area contributed by atoms with Gasteiger partial charge in [0.1, 0.15) is 5.58 Å². The maximum atomic E-state index is 11.8. The Hall–Kier alpha value is -3.03. The molecule has 116 valence electrons. The fourth-order valence-electron chi connectivity index (χ4n) is 3.04. The molecule has 0 N–H and O–H groups in total. The number of rotatable bonds is 3. The first-order valence-corrected chi connectivity index (χ1v) is 7.22. The van der Waals surface area contributed by atoms with E-state index in [1.165, 1.54) is 28.2 Å². The molecule has 3 aromatic rings. The van der Waals surface area contributed by atoms with Crippen LogP contribution in [0.25, 0.3) is 11.0 Å². The lowest BCUT2D eigenvalue weighted by molar-refractivity contribution is -0.394. The van der Waals surface area contributed by atoms with Gasteiger partial charge in [-0.2, -0.15) is 4.68 Å². The third-order valence-electron chi connectivity index (χ3n) is 4.06. The largest absolute Gasteiger partial charge is 0.490 e. The highest BCUT2D eigenvalue weighted by Crippen LogP contribution is 2.28. The van der Waals surface area contributed by atoms with Gasteiger partial charge in [-0.15, -0.1) is 0 Å². The van der Waals surface area contributed by atoms with Crippen LogP contribution in [0.5, 0.6) is 0 Å². The van der Waals surface area contributed by atoms with Gasteiger partial charge < -0.3 is 14.5 Å². The lowest BCUT2D eigenvalue weighted by Crippen LogP contribution is -2.07. The van der Waals surface area contributed by atoms with E-state index in [1.807, 2.05) is 12.1 Å². The van der Waals surface area contributed by atoms with Crippen molar-refractivity contribution >= 4 is 16.9 Å². The van der Waals surface area contributed by atoms with Crippen LogP contribution in [0.15, 0.2) is 33.7 Å². The monoisotopic (exact) mass is 312 g/mol. The molecular weight excluding hydrogens is 300 g/mol. The number of hydrogen-bond donors (Lipinski definition) is 0. The van der Waals surface area contributed by atoms with Gasteiger partial charge in [0.2, 0.25) is 6.33 Å². The van der Waals surface area contributed by atoms with Crippen molar-refractivity contribution in [1.29, 1.82) is 0 Å². The number of nitrogens with zero attached hydrogens (tertiary/aromatic N) is 4. The molecule has 0 bridgehead atoms. The number of aromatic nitrogens is 3. The van der Waals surface area contributed by atoms with Gasteiger partial charge in [0, 0.05) is 16.6 Å². The predicted molar refractivity (Wildman–Crippen MR) is 80.3 cm³/mol. The summed E-state index contributed by atoms with van der Waals surface area (Å²) < 4.78 is 6.65. The molecule has 4 rings (SSSR count). The Labute approximate surface area is 129 Å². The van der Waals surface area contributed by atoms with E-state index in [-0.39, 0.29) is 6.54 Å². The third-order valence-corrected chi connectivity index (χ3v) is 4.06. The van der Waals surface area contributed by atoms with Crippen LogP contribution in [0.4, 0.5) is 5.95 Å². The Kier molecular flexibility index (Phi) is 2.97. The van der Waals surface area contributed by atoms with Crippen molar-refractivity contribution in [2.75, 3.05) is 0 Å². The number of nitro groups is 1. The number of benzene rings is 1. The number of hydrogen-bond acceptors (Lipinski definition) is 6. The topological polar surface area (TPSA) is 104 Å². The van der Waals surface area contributed by atoms with Crippen molar-refractivity contribution in [1.82, 2.24) is 14.8 Å². The van der Waals surface area contributed by atoms with E-state index >= 15 is 0 Å². The Morgan fingerprint density at radius 1 is 1.26 bits per heavy atom. The van der Waals surface area contributed by atoms with E-state index in [0.717, 1.165) is 24.6 Å². The SMILES string of the molecule is O=c1cc(Cn2cnc([N+](=O)[O-])n2)c2cc3c(cc2o1)CCC3. The van der Waals surface area contributed by atoms with Crippen molar-refractivity contribution in [2.45, 2.75) is 25.8 Å². The van der Waals surface area contributed by atoms with Crippen molar-refractivity contribution in [3.05, 3.63) is 61.8 Å². The molecule has 0 radical (unpaired) electrons. The van der Waals surface area contributed by atoms with E-state index in [0.29, 0.717) is 11.1 Å². The Morgan fingerprint density at radius 2 is 2.04 bits per heavy atom. The van der Waals surface area contributed by atoms with Crippen LogP contribution in [-0.2, 0) is 19.4 Å². The standard InChI is InChI=1S/C15H12N4O4/c20-14-6-11(7-18-8-16-15(17-18)19(21)22)12-4-9-2-1-3-10(9)5-13(12)23-14/h4-6,8H,1-3,7H2. The first-order valence-electron chi connectivity index (χ1n) is 7.22. The lowest BCUT2D eigenvalue weighted by atomic mass is 10.0. The van der Waals surface area contributed by atoms with E-state index in [2.05, 4.69) is 10.1 Å². The Bertz CT molecular complexity index is 989. The molecule has 0 aliphatic heterocycles. The molecule has 0 spiro atoms. The molecule has 0 saturated carbocycles. The van der Waals surface area contributed by atoms with Crippen LogP contribution in [0.3, 0.4) is 0 Å². The third kappa shape index (κ3) is 2.37. The summed E-state index contributed by atoms with van der Waals surface area (Å²) in [4.78, 5) is 25.4. The molecule has 1 aliphatic rings. The molecule has 0 fully saturated rings. The summed E-state index contributed by atoms with van der Waals surface area (Å²) >= 11 is 0. The summed E-state index contributed by atoms with van der Waals surface area (Å²) in [6.45, 7) is 0.224. The summed E-state index contributed by atoms with van der Waals surface area (Å²) in [5, 5.41) is 15.3. The Balaban J connectivity index is 1.82. The van der Waals surface area contributed by atoms with Crippen molar-refractivity contribution in [3.8, 4) is 0 Å². The van der Waals surface area contributed by atoms with Gasteiger partial charge in [-0.1, -0.05) is 4.98 Å². The molecule has 23 heavy (non-hydrogen) atoms. The molecule has 1 aliphatic carbocycles. The maximum Gasteiger partial charge on any atom is 0.490 e. The molecule has 2 heterocycles. The van der Waals surface area contributed by atoms with E-state index in [4.69, 9.17) is 4.42 Å². The molecule has 2 aromatic heterocycles. The van der Waals surface area contributed by atoms with Crippen LogP contribution in [0.1, 0.15) is 23.1 Å². The summed E-state index contributed by atoms with van der Waals surface area (Å²) in [5.41, 5.74) is 3.29. The zero-order chi connectivity index (χ0) is 16.0. The molecule has 0 amide bonds. The van der Waals surface area contributed by atoms with Crippen LogP contribution >= 0.6 is 0 Å².